The van der Waals surface area contributed by atoms with Crippen LogP contribution in [0, 0.1) is 5.41 Å². The first-order valence-electron chi connectivity index (χ1n) is 5.91. The van der Waals surface area contributed by atoms with Crippen molar-refractivity contribution in [3.05, 3.63) is 29.8 Å². The molecule has 106 valence electrons. The van der Waals surface area contributed by atoms with Crippen LogP contribution in [-0.2, 0) is 10.0 Å². The molecule has 1 aromatic carbocycles. The molecule has 0 saturated heterocycles. The molecule has 0 spiro atoms. The number of rotatable bonds is 4. The number of hydrogen-bond acceptors (Lipinski definition) is 3. The lowest BCUT2D eigenvalue weighted by Crippen LogP contribution is -2.35. The first kappa shape index (κ1) is 16.1. The van der Waals surface area contributed by atoms with Gasteiger partial charge in [0, 0.05) is 19.2 Å². The van der Waals surface area contributed by atoms with Gasteiger partial charge in [0.05, 0.1) is 4.90 Å². The molecule has 0 bridgehead atoms. The van der Waals surface area contributed by atoms with E-state index in [1.54, 1.807) is 25.2 Å². The van der Waals surface area contributed by atoms with Crippen LogP contribution in [0.5, 0.6) is 0 Å². The van der Waals surface area contributed by atoms with Gasteiger partial charge in [-0.1, -0.05) is 51.2 Å². The molecule has 0 aromatic heterocycles. The molecule has 0 radical (unpaired) electrons. The van der Waals surface area contributed by atoms with Crippen LogP contribution in [0.4, 0.5) is 0 Å². The lowest BCUT2D eigenvalue weighted by Gasteiger charge is -2.26. The number of nitrogens with zero attached hydrogens (tertiary/aromatic N) is 1. The van der Waals surface area contributed by atoms with Crippen molar-refractivity contribution in [3.63, 3.8) is 0 Å². The lowest BCUT2D eigenvalue weighted by molar-refractivity contribution is 0.311. The minimum absolute atomic E-state index is 0.0864. The molecule has 0 aliphatic carbocycles. The molecular formula is C13H20N2O2S2. The van der Waals surface area contributed by atoms with Gasteiger partial charge in [-0.25, -0.2) is 12.7 Å². The highest BCUT2D eigenvalue weighted by Gasteiger charge is 2.27. The van der Waals surface area contributed by atoms with Crippen molar-refractivity contribution in [1.29, 1.82) is 0 Å². The summed E-state index contributed by atoms with van der Waals surface area (Å²) in [5.74, 6) is 0. The van der Waals surface area contributed by atoms with Crippen LogP contribution in [0.25, 0.3) is 0 Å². The third kappa shape index (κ3) is 3.99. The second-order valence-electron chi connectivity index (χ2n) is 5.68. The normalized spacial score (nSPS) is 12.7. The van der Waals surface area contributed by atoms with E-state index in [1.807, 2.05) is 20.8 Å². The van der Waals surface area contributed by atoms with Crippen molar-refractivity contribution in [2.75, 3.05) is 13.6 Å². The van der Waals surface area contributed by atoms with Gasteiger partial charge in [0.2, 0.25) is 10.0 Å². The molecular weight excluding hydrogens is 280 g/mol. The van der Waals surface area contributed by atoms with Crippen molar-refractivity contribution >= 4 is 27.2 Å². The van der Waals surface area contributed by atoms with E-state index in [0.717, 1.165) is 0 Å². The van der Waals surface area contributed by atoms with E-state index in [0.29, 0.717) is 12.1 Å². The molecule has 0 saturated carbocycles. The summed E-state index contributed by atoms with van der Waals surface area (Å²) in [7, 11) is -2.02. The topological polar surface area (TPSA) is 63.4 Å². The maximum atomic E-state index is 12.5. The third-order valence-electron chi connectivity index (χ3n) is 2.54. The summed E-state index contributed by atoms with van der Waals surface area (Å²) in [5.41, 5.74) is 5.85. The fraction of sp³-hybridized carbons (Fsp3) is 0.462. The second kappa shape index (κ2) is 5.56. The van der Waals surface area contributed by atoms with Gasteiger partial charge >= 0.3 is 0 Å². The Balaban J connectivity index is 3.25. The van der Waals surface area contributed by atoms with Crippen molar-refractivity contribution in [3.8, 4) is 0 Å². The molecule has 0 atom stereocenters. The Morgan fingerprint density at radius 3 is 2.32 bits per heavy atom. The molecule has 0 aliphatic rings. The predicted octanol–water partition coefficient (Wildman–Crippen LogP) is 1.99. The zero-order valence-corrected chi connectivity index (χ0v) is 13.3. The van der Waals surface area contributed by atoms with Crippen LogP contribution < -0.4 is 5.73 Å². The molecule has 1 aromatic rings. The molecule has 4 nitrogen and oxygen atoms in total. The monoisotopic (exact) mass is 300 g/mol. The van der Waals surface area contributed by atoms with Crippen LogP contribution in [-0.4, -0.2) is 31.3 Å². The van der Waals surface area contributed by atoms with Crippen LogP contribution in [0.1, 0.15) is 26.3 Å². The fourth-order valence-corrected chi connectivity index (χ4v) is 3.66. The Kier molecular flexibility index (Phi) is 4.71. The zero-order chi connectivity index (χ0) is 14.8. The zero-order valence-electron chi connectivity index (χ0n) is 11.7. The lowest BCUT2D eigenvalue weighted by atomic mass is 9.97. The summed E-state index contributed by atoms with van der Waals surface area (Å²) < 4.78 is 26.4. The molecule has 0 unspecified atom stereocenters. The highest BCUT2D eigenvalue weighted by molar-refractivity contribution is 7.89. The number of benzene rings is 1. The van der Waals surface area contributed by atoms with Crippen LogP contribution in [0.2, 0.25) is 0 Å². The summed E-state index contributed by atoms with van der Waals surface area (Å²) >= 11 is 4.91. The Labute approximate surface area is 120 Å². The standard InChI is InChI=1S/C13H20N2O2S2/c1-13(2,3)9-15(4)19(16,17)11-8-6-5-7-10(11)12(14)18/h5-8H,9H2,1-4H3,(H2,14,18). The van der Waals surface area contributed by atoms with Crippen LogP contribution >= 0.6 is 12.2 Å². The number of sulfonamides is 1. The summed E-state index contributed by atoms with van der Waals surface area (Å²) in [4.78, 5) is 0.248. The van der Waals surface area contributed by atoms with Gasteiger partial charge < -0.3 is 5.73 Å². The molecule has 2 N–H and O–H groups in total. The third-order valence-corrected chi connectivity index (χ3v) is 4.62. The summed E-state index contributed by atoms with van der Waals surface area (Å²) in [5, 5.41) is 0. The van der Waals surface area contributed by atoms with Crippen molar-refractivity contribution < 1.29 is 8.42 Å². The maximum Gasteiger partial charge on any atom is 0.243 e. The average Bonchev–Trinajstić information content (AvgIpc) is 2.26. The van der Waals surface area contributed by atoms with Crippen LogP contribution in [0.15, 0.2) is 29.2 Å². The van der Waals surface area contributed by atoms with Crippen LogP contribution in [0.3, 0.4) is 0 Å². The van der Waals surface area contributed by atoms with E-state index in [9.17, 15) is 8.42 Å². The van der Waals surface area contributed by atoms with Crippen molar-refractivity contribution in [2.45, 2.75) is 25.7 Å². The smallest absolute Gasteiger partial charge is 0.243 e. The minimum atomic E-state index is -3.58. The first-order valence-corrected chi connectivity index (χ1v) is 7.76. The van der Waals surface area contributed by atoms with E-state index in [2.05, 4.69) is 0 Å². The molecule has 0 fully saturated rings. The molecule has 19 heavy (non-hydrogen) atoms. The summed E-state index contributed by atoms with van der Waals surface area (Å²) in [6.07, 6.45) is 0. The maximum absolute atomic E-state index is 12.5. The SMILES string of the molecule is CN(CC(C)(C)C)S(=O)(=O)c1ccccc1C(N)=S. The summed E-state index contributed by atoms with van der Waals surface area (Å²) in [6.45, 7) is 6.37. The minimum Gasteiger partial charge on any atom is -0.389 e. The molecule has 1 rings (SSSR count). The van der Waals surface area contributed by atoms with Gasteiger partial charge in [-0.05, 0) is 11.5 Å². The van der Waals surface area contributed by atoms with E-state index >= 15 is 0 Å². The van der Waals surface area contributed by atoms with E-state index < -0.39 is 10.0 Å². The highest BCUT2D eigenvalue weighted by Crippen LogP contribution is 2.23. The van der Waals surface area contributed by atoms with E-state index in [4.69, 9.17) is 18.0 Å². The average molecular weight is 300 g/mol. The molecule has 0 aliphatic heterocycles. The van der Waals surface area contributed by atoms with Crippen molar-refractivity contribution in [2.24, 2.45) is 11.1 Å². The van der Waals surface area contributed by atoms with E-state index in [-0.39, 0.29) is 15.3 Å². The van der Waals surface area contributed by atoms with Gasteiger partial charge in [0.1, 0.15) is 4.99 Å². The number of thiocarbonyl (C=S) groups is 1. The highest BCUT2D eigenvalue weighted by atomic mass is 32.2. The molecule has 0 heterocycles. The number of nitrogens with two attached hydrogens (primary N) is 1. The molecule has 6 heteroatoms. The molecule has 0 amide bonds. The Morgan fingerprint density at radius 1 is 1.32 bits per heavy atom. The Bertz CT molecular complexity index is 575. The fourth-order valence-electron chi connectivity index (χ4n) is 1.82. The number of hydrogen-bond donors (Lipinski definition) is 1. The Morgan fingerprint density at radius 2 is 1.84 bits per heavy atom. The van der Waals surface area contributed by atoms with Crippen molar-refractivity contribution in [1.82, 2.24) is 4.31 Å². The van der Waals surface area contributed by atoms with Gasteiger partial charge in [-0.3, -0.25) is 0 Å². The van der Waals surface area contributed by atoms with E-state index in [1.165, 1.54) is 10.4 Å². The predicted molar refractivity (Wildman–Crippen MR) is 81.6 cm³/mol. The van der Waals surface area contributed by atoms with Gasteiger partial charge in [-0.2, -0.15) is 0 Å². The quantitative estimate of drug-likeness (QED) is 0.864. The van der Waals surface area contributed by atoms with Gasteiger partial charge in [0.25, 0.3) is 0 Å². The van der Waals surface area contributed by atoms with Gasteiger partial charge in [-0.15, -0.1) is 0 Å². The van der Waals surface area contributed by atoms with Gasteiger partial charge in [0.15, 0.2) is 0 Å². The largest absolute Gasteiger partial charge is 0.389 e. The summed E-state index contributed by atoms with van der Waals surface area (Å²) in [6, 6.07) is 6.54. The first-order chi connectivity index (χ1) is 8.55. The Hall–Kier alpha value is -0.980. The second-order valence-corrected chi connectivity index (χ2v) is 8.14.